The number of aliphatic imine (C=N–C) groups is 1. The maximum atomic E-state index is 13.5. The van der Waals surface area contributed by atoms with Crippen LogP contribution < -0.4 is 21.3 Å². The predicted octanol–water partition coefficient (Wildman–Crippen LogP) is 2.63. The number of halogens is 3. The standard InChI is InChI=1S/C27H42F3N5O4/c1-24(2,3)19(34-23(39)27(28,29)30)22(38)33-18(12-16-13-25(16,4)5)21(37)32-17(14-31-6)11-15-7-8-26(9-10-26)35-20(15)36/h15-19H,6-14H2,1-5H3,(H,32,37)(H,33,38)(H,34,39)(H,35,36). The van der Waals surface area contributed by atoms with Gasteiger partial charge in [0.15, 0.2) is 0 Å². The van der Waals surface area contributed by atoms with Crippen LogP contribution in [0.5, 0.6) is 0 Å². The molecule has 9 nitrogen and oxygen atoms in total. The molecule has 0 aromatic heterocycles. The molecule has 4 N–H and O–H groups in total. The first-order valence-electron chi connectivity index (χ1n) is 13.6. The van der Waals surface area contributed by atoms with Crippen LogP contribution in [0.25, 0.3) is 0 Å². The summed E-state index contributed by atoms with van der Waals surface area (Å²) in [6, 6.07) is -3.08. The third-order valence-corrected chi connectivity index (χ3v) is 8.38. The minimum atomic E-state index is -5.16. The number of piperidine rings is 1. The molecule has 1 heterocycles. The van der Waals surface area contributed by atoms with Gasteiger partial charge in [0.1, 0.15) is 12.1 Å². The van der Waals surface area contributed by atoms with Gasteiger partial charge >= 0.3 is 12.1 Å². The van der Waals surface area contributed by atoms with Crippen LogP contribution in [0.1, 0.15) is 79.6 Å². The normalized spacial score (nSPS) is 25.5. The molecular formula is C27H42F3N5O4. The quantitative estimate of drug-likeness (QED) is 0.291. The molecule has 5 atom stereocenters. The van der Waals surface area contributed by atoms with Crippen molar-refractivity contribution in [3.05, 3.63) is 0 Å². The number of carbonyl (C=O) groups excluding carboxylic acids is 4. The second kappa shape index (κ2) is 11.1. The van der Waals surface area contributed by atoms with Crippen molar-refractivity contribution in [2.75, 3.05) is 6.54 Å². The van der Waals surface area contributed by atoms with E-state index in [1.54, 1.807) is 5.32 Å². The molecule has 5 unspecified atom stereocenters. The van der Waals surface area contributed by atoms with Crippen LogP contribution in [-0.4, -0.2) is 66.7 Å². The smallest absolute Gasteiger partial charge is 0.350 e. The van der Waals surface area contributed by atoms with Crippen LogP contribution in [0.3, 0.4) is 0 Å². The van der Waals surface area contributed by atoms with Crippen molar-refractivity contribution in [1.82, 2.24) is 21.3 Å². The minimum absolute atomic E-state index is 0.0296. The number of hydrogen-bond donors (Lipinski definition) is 4. The first-order chi connectivity index (χ1) is 17.9. The first-order valence-corrected chi connectivity index (χ1v) is 13.6. The number of amides is 4. The monoisotopic (exact) mass is 557 g/mol. The van der Waals surface area contributed by atoms with E-state index in [1.807, 2.05) is 13.8 Å². The molecular weight excluding hydrogens is 515 g/mol. The largest absolute Gasteiger partial charge is 0.471 e. The van der Waals surface area contributed by atoms with E-state index in [9.17, 15) is 32.3 Å². The number of nitrogens with one attached hydrogen (secondary N) is 4. The summed E-state index contributed by atoms with van der Waals surface area (Å²) in [5, 5.41) is 10.4. The van der Waals surface area contributed by atoms with Crippen molar-refractivity contribution in [1.29, 1.82) is 0 Å². The Morgan fingerprint density at radius 2 is 1.67 bits per heavy atom. The summed E-state index contributed by atoms with van der Waals surface area (Å²) in [5.41, 5.74) is -1.15. The van der Waals surface area contributed by atoms with Crippen molar-refractivity contribution in [2.45, 2.75) is 109 Å². The predicted molar refractivity (Wildman–Crippen MR) is 140 cm³/mol. The first kappa shape index (κ1) is 30.9. The molecule has 1 aliphatic heterocycles. The fourth-order valence-corrected chi connectivity index (χ4v) is 5.38. The molecule has 0 aromatic carbocycles. The molecule has 0 bridgehead atoms. The summed E-state index contributed by atoms with van der Waals surface area (Å²) in [5.74, 6) is -3.82. The molecule has 39 heavy (non-hydrogen) atoms. The summed E-state index contributed by atoms with van der Waals surface area (Å²) in [6.07, 6.45) is -0.119. The third kappa shape index (κ3) is 8.17. The minimum Gasteiger partial charge on any atom is -0.350 e. The highest BCUT2D eigenvalue weighted by Crippen LogP contribution is 2.54. The van der Waals surface area contributed by atoms with E-state index in [2.05, 4.69) is 27.7 Å². The van der Waals surface area contributed by atoms with Crippen LogP contribution in [0.15, 0.2) is 4.99 Å². The Hall–Kier alpha value is -2.66. The Morgan fingerprint density at radius 3 is 2.13 bits per heavy atom. The molecule has 220 valence electrons. The zero-order chi connectivity index (χ0) is 29.4. The van der Waals surface area contributed by atoms with Gasteiger partial charge in [0.25, 0.3) is 0 Å². The maximum Gasteiger partial charge on any atom is 0.471 e. The van der Waals surface area contributed by atoms with Gasteiger partial charge in [-0.25, -0.2) is 0 Å². The third-order valence-electron chi connectivity index (χ3n) is 8.38. The fourth-order valence-electron chi connectivity index (χ4n) is 5.38. The average molecular weight is 558 g/mol. The van der Waals surface area contributed by atoms with Crippen molar-refractivity contribution in [3.63, 3.8) is 0 Å². The van der Waals surface area contributed by atoms with E-state index in [0.29, 0.717) is 12.8 Å². The Kier molecular flexibility index (Phi) is 8.77. The molecule has 2 aliphatic carbocycles. The van der Waals surface area contributed by atoms with Crippen LogP contribution in [0.4, 0.5) is 13.2 Å². The summed E-state index contributed by atoms with van der Waals surface area (Å²) in [4.78, 5) is 54.9. The number of nitrogens with zero attached hydrogens (tertiary/aromatic N) is 1. The topological polar surface area (TPSA) is 129 Å². The van der Waals surface area contributed by atoms with E-state index < -0.39 is 47.4 Å². The SMILES string of the molecule is C=NCC(CC1CCC2(CC2)NC1=O)NC(=O)C(CC1CC1(C)C)NC(=O)C(NC(=O)C(F)(F)F)C(C)(C)C. The zero-order valence-corrected chi connectivity index (χ0v) is 23.5. The number of rotatable bonds is 11. The van der Waals surface area contributed by atoms with Gasteiger partial charge in [-0.1, -0.05) is 34.6 Å². The molecule has 3 aliphatic rings. The highest BCUT2D eigenvalue weighted by molar-refractivity contribution is 5.93. The second-order valence-corrected chi connectivity index (χ2v) is 13.3. The zero-order valence-electron chi connectivity index (χ0n) is 23.5. The van der Waals surface area contributed by atoms with Crippen LogP contribution in [0, 0.1) is 22.7 Å². The Bertz CT molecular complexity index is 987. The summed E-state index contributed by atoms with van der Waals surface area (Å²) >= 11 is 0. The average Bonchev–Trinajstić information content (AvgIpc) is 3.68. The van der Waals surface area contributed by atoms with Crippen molar-refractivity contribution in [3.8, 4) is 0 Å². The number of hydrogen-bond acceptors (Lipinski definition) is 5. The van der Waals surface area contributed by atoms with Gasteiger partial charge < -0.3 is 21.3 Å². The molecule has 1 spiro atoms. The Labute approximate surface area is 227 Å². The van der Waals surface area contributed by atoms with Crippen LogP contribution in [-0.2, 0) is 19.2 Å². The van der Waals surface area contributed by atoms with E-state index in [0.717, 1.165) is 25.7 Å². The molecule has 0 radical (unpaired) electrons. The molecule has 0 aromatic rings. The van der Waals surface area contributed by atoms with Gasteiger partial charge in [-0.3, -0.25) is 24.2 Å². The molecule has 1 saturated heterocycles. The summed E-state index contributed by atoms with van der Waals surface area (Å²) in [7, 11) is 0. The molecule has 12 heteroatoms. The number of alkyl halides is 3. The van der Waals surface area contributed by atoms with Gasteiger partial charge in [-0.15, -0.1) is 0 Å². The lowest BCUT2D eigenvalue weighted by Gasteiger charge is -2.33. The lowest BCUT2D eigenvalue weighted by Crippen LogP contribution is -2.60. The van der Waals surface area contributed by atoms with Crippen LogP contribution >= 0.6 is 0 Å². The van der Waals surface area contributed by atoms with Crippen LogP contribution in [0.2, 0.25) is 0 Å². The van der Waals surface area contributed by atoms with E-state index in [4.69, 9.17) is 0 Å². The fraction of sp³-hybridized carbons (Fsp3) is 0.815. The van der Waals surface area contributed by atoms with E-state index in [-0.39, 0.29) is 41.7 Å². The summed E-state index contributed by atoms with van der Waals surface area (Å²) < 4.78 is 38.8. The molecule has 2 saturated carbocycles. The van der Waals surface area contributed by atoms with Gasteiger partial charge in [0.2, 0.25) is 17.7 Å². The van der Waals surface area contributed by atoms with Crippen molar-refractivity contribution >= 4 is 30.3 Å². The number of carbonyl (C=O) groups is 4. The highest BCUT2D eigenvalue weighted by atomic mass is 19.4. The lowest BCUT2D eigenvalue weighted by molar-refractivity contribution is -0.175. The van der Waals surface area contributed by atoms with Gasteiger partial charge in [0.05, 0.1) is 6.54 Å². The Morgan fingerprint density at radius 1 is 1.05 bits per heavy atom. The summed E-state index contributed by atoms with van der Waals surface area (Å²) in [6.45, 7) is 12.3. The second-order valence-electron chi connectivity index (χ2n) is 13.3. The molecule has 3 rings (SSSR count). The van der Waals surface area contributed by atoms with Gasteiger partial charge in [0, 0.05) is 17.5 Å². The van der Waals surface area contributed by atoms with E-state index >= 15 is 0 Å². The lowest BCUT2D eigenvalue weighted by atomic mass is 9.85. The molecule has 4 amide bonds. The Balaban J connectivity index is 1.72. The van der Waals surface area contributed by atoms with Gasteiger partial charge in [-0.05, 0) is 68.4 Å². The van der Waals surface area contributed by atoms with Gasteiger partial charge in [-0.2, -0.15) is 13.2 Å². The van der Waals surface area contributed by atoms with Crippen molar-refractivity contribution in [2.24, 2.45) is 27.7 Å². The van der Waals surface area contributed by atoms with E-state index in [1.165, 1.54) is 20.8 Å². The highest BCUT2D eigenvalue weighted by Gasteiger charge is 2.50. The van der Waals surface area contributed by atoms with Crippen molar-refractivity contribution < 1.29 is 32.3 Å². The maximum absolute atomic E-state index is 13.5. The molecule has 3 fully saturated rings.